The van der Waals surface area contributed by atoms with Gasteiger partial charge in [0.05, 0.1) is 5.69 Å². The van der Waals surface area contributed by atoms with E-state index in [9.17, 15) is 13.2 Å². The van der Waals surface area contributed by atoms with Gasteiger partial charge in [0.2, 0.25) is 5.91 Å². The van der Waals surface area contributed by atoms with Crippen LogP contribution in [-0.4, -0.2) is 25.8 Å². The molecule has 1 amide bonds. The molecule has 1 unspecified atom stereocenters. The zero-order valence-electron chi connectivity index (χ0n) is 13.5. The minimum Gasteiger partial charge on any atom is -0.455 e. The second-order valence-corrected chi connectivity index (χ2v) is 8.32. The Morgan fingerprint density at radius 1 is 1.17 bits per heavy atom. The van der Waals surface area contributed by atoms with Crippen LogP contribution in [0.3, 0.4) is 0 Å². The number of benzene rings is 2. The van der Waals surface area contributed by atoms with E-state index in [1.54, 1.807) is 24.3 Å². The second kappa shape index (κ2) is 7.23. The number of amides is 1. The van der Waals surface area contributed by atoms with Gasteiger partial charge in [-0.25, -0.2) is 8.42 Å². The van der Waals surface area contributed by atoms with E-state index in [0.29, 0.717) is 22.2 Å². The van der Waals surface area contributed by atoms with E-state index in [4.69, 9.17) is 16.3 Å². The van der Waals surface area contributed by atoms with E-state index in [-0.39, 0.29) is 0 Å². The number of hydrogen-bond acceptors (Lipinski definition) is 4. The second-order valence-electron chi connectivity index (χ2n) is 5.52. The molecular formula is C17H18ClNO4S. The molecule has 0 spiro atoms. The van der Waals surface area contributed by atoms with Crippen LogP contribution in [0.1, 0.15) is 12.5 Å². The van der Waals surface area contributed by atoms with Gasteiger partial charge in [-0.3, -0.25) is 4.79 Å². The highest BCUT2D eigenvalue weighted by atomic mass is 35.5. The van der Waals surface area contributed by atoms with Gasteiger partial charge in [-0.05, 0) is 44.2 Å². The molecule has 0 aliphatic carbocycles. The minimum absolute atomic E-state index is 0.309. The van der Waals surface area contributed by atoms with Gasteiger partial charge < -0.3 is 10.1 Å². The summed E-state index contributed by atoms with van der Waals surface area (Å²) in [6.45, 7) is 3.29. The van der Waals surface area contributed by atoms with Crippen LogP contribution in [0, 0.1) is 6.92 Å². The summed E-state index contributed by atoms with van der Waals surface area (Å²) in [5.74, 6) is 0.320. The molecule has 128 valence electrons. The number of carbonyl (C=O) groups excluding carboxylic acids is 1. The van der Waals surface area contributed by atoms with Crippen molar-refractivity contribution in [1.29, 1.82) is 0 Å². The zero-order chi connectivity index (χ0) is 17.9. The molecule has 0 saturated heterocycles. The molecule has 0 aliphatic heterocycles. The van der Waals surface area contributed by atoms with Crippen LogP contribution >= 0.6 is 11.6 Å². The van der Waals surface area contributed by atoms with Gasteiger partial charge in [0, 0.05) is 11.3 Å². The predicted molar refractivity (Wildman–Crippen MR) is 95.6 cm³/mol. The Hall–Kier alpha value is -2.05. The van der Waals surface area contributed by atoms with Gasteiger partial charge in [-0.15, -0.1) is 0 Å². The normalized spacial score (nSPS) is 12.5. The number of ether oxygens (including phenoxy) is 1. The molecule has 0 bridgehead atoms. The molecule has 7 heteroatoms. The van der Waals surface area contributed by atoms with Crippen molar-refractivity contribution in [3.8, 4) is 11.5 Å². The topological polar surface area (TPSA) is 72.5 Å². The Kier molecular flexibility index (Phi) is 5.51. The first-order chi connectivity index (χ1) is 11.2. The molecule has 0 aromatic heterocycles. The van der Waals surface area contributed by atoms with Crippen LogP contribution in [0.25, 0.3) is 0 Å². The summed E-state index contributed by atoms with van der Waals surface area (Å²) in [5, 5.41) is 1.78. The highest BCUT2D eigenvalue weighted by Gasteiger charge is 2.24. The Morgan fingerprint density at radius 2 is 1.79 bits per heavy atom. The standard InChI is InChI=1S/C17H18ClNO4S/c1-11-4-7-14(8-5-11)23-16-9-6-13(18)10-15(16)19-17(20)12(2)24(3,21)22/h4-10,12H,1-3H3,(H,19,20). The van der Waals surface area contributed by atoms with Crippen LogP contribution in [0.4, 0.5) is 5.69 Å². The quantitative estimate of drug-likeness (QED) is 0.872. The summed E-state index contributed by atoms with van der Waals surface area (Å²) >= 11 is 5.97. The first-order valence-corrected chi connectivity index (χ1v) is 9.54. The predicted octanol–water partition coefficient (Wildman–Crippen LogP) is 3.81. The minimum atomic E-state index is -3.49. The number of rotatable bonds is 5. The molecule has 2 aromatic carbocycles. The molecule has 1 atom stereocenters. The van der Waals surface area contributed by atoms with Crippen LogP contribution in [0.5, 0.6) is 11.5 Å². The largest absolute Gasteiger partial charge is 0.455 e. The number of aryl methyl sites for hydroxylation is 1. The van der Waals surface area contributed by atoms with Gasteiger partial charge in [0.15, 0.2) is 15.6 Å². The molecule has 2 rings (SSSR count). The van der Waals surface area contributed by atoms with Crippen molar-refractivity contribution in [3.05, 3.63) is 53.1 Å². The third-order valence-corrected chi connectivity index (χ3v) is 5.19. The maximum absolute atomic E-state index is 12.1. The molecule has 0 fully saturated rings. The number of nitrogens with one attached hydrogen (secondary N) is 1. The molecule has 0 aliphatic rings. The third-order valence-electron chi connectivity index (χ3n) is 3.46. The van der Waals surface area contributed by atoms with Gasteiger partial charge in [-0.2, -0.15) is 0 Å². The van der Waals surface area contributed by atoms with Crippen molar-refractivity contribution in [2.45, 2.75) is 19.1 Å². The number of carbonyl (C=O) groups is 1. The third kappa shape index (κ3) is 4.72. The summed E-state index contributed by atoms with van der Waals surface area (Å²) in [4.78, 5) is 12.1. The van der Waals surface area contributed by atoms with Crippen molar-refractivity contribution in [2.75, 3.05) is 11.6 Å². The maximum Gasteiger partial charge on any atom is 0.242 e. The highest BCUT2D eigenvalue weighted by Crippen LogP contribution is 2.32. The van der Waals surface area contributed by atoms with E-state index in [0.717, 1.165) is 11.8 Å². The summed E-state index contributed by atoms with van der Waals surface area (Å²) in [6, 6.07) is 12.1. The van der Waals surface area contributed by atoms with E-state index < -0.39 is 21.0 Å². The summed E-state index contributed by atoms with van der Waals surface area (Å²) in [6.07, 6.45) is 1.01. The SMILES string of the molecule is Cc1ccc(Oc2ccc(Cl)cc2NC(=O)C(C)S(C)(=O)=O)cc1. The van der Waals surface area contributed by atoms with Crippen molar-refractivity contribution in [3.63, 3.8) is 0 Å². The number of halogens is 1. The fraction of sp³-hybridized carbons (Fsp3) is 0.235. The Balaban J connectivity index is 2.27. The van der Waals surface area contributed by atoms with Gasteiger partial charge in [0.25, 0.3) is 0 Å². The number of anilines is 1. The Bertz CT molecular complexity index is 847. The van der Waals surface area contributed by atoms with Crippen LogP contribution in [-0.2, 0) is 14.6 Å². The summed E-state index contributed by atoms with van der Waals surface area (Å²) < 4.78 is 28.8. The van der Waals surface area contributed by atoms with E-state index in [1.807, 2.05) is 19.1 Å². The zero-order valence-corrected chi connectivity index (χ0v) is 15.1. The van der Waals surface area contributed by atoms with Crippen LogP contribution in [0.2, 0.25) is 5.02 Å². The van der Waals surface area contributed by atoms with Gasteiger partial charge in [0.1, 0.15) is 11.0 Å². The number of hydrogen-bond donors (Lipinski definition) is 1. The monoisotopic (exact) mass is 367 g/mol. The lowest BCUT2D eigenvalue weighted by Crippen LogP contribution is -2.31. The number of sulfone groups is 1. The van der Waals surface area contributed by atoms with Crippen LogP contribution < -0.4 is 10.1 Å². The lowest BCUT2D eigenvalue weighted by Gasteiger charge is -2.15. The fourth-order valence-corrected chi connectivity index (χ4v) is 2.47. The Morgan fingerprint density at radius 3 is 2.38 bits per heavy atom. The van der Waals surface area contributed by atoms with E-state index >= 15 is 0 Å². The van der Waals surface area contributed by atoms with E-state index in [1.165, 1.54) is 13.0 Å². The average molecular weight is 368 g/mol. The Labute approximate surface area is 146 Å². The molecule has 0 heterocycles. The summed E-state index contributed by atoms with van der Waals surface area (Å²) in [7, 11) is -3.49. The fourth-order valence-electron chi connectivity index (χ4n) is 1.85. The van der Waals surface area contributed by atoms with Gasteiger partial charge >= 0.3 is 0 Å². The van der Waals surface area contributed by atoms with Gasteiger partial charge in [-0.1, -0.05) is 29.3 Å². The molecule has 24 heavy (non-hydrogen) atoms. The van der Waals surface area contributed by atoms with Crippen molar-refractivity contribution >= 4 is 33.0 Å². The molecule has 2 aromatic rings. The molecule has 0 saturated carbocycles. The lowest BCUT2D eigenvalue weighted by atomic mass is 10.2. The summed E-state index contributed by atoms with van der Waals surface area (Å²) in [5.41, 5.74) is 1.40. The van der Waals surface area contributed by atoms with Crippen molar-refractivity contribution < 1.29 is 17.9 Å². The van der Waals surface area contributed by atoms with Crippen molar-refractivity contribution in [1.82, 2.24) is 0 Å². The molecular weight excluding hydrogens is 350 g/mol. The first kappa shape index (κ1) is 18.3. The van der Waals surface area contributed by atoms with E-state index in [2.05, 4.69) is 5.32 Å². The smallest absolute Gasteiger partial charge is 0.242 e. The first-order valence-electron chi connectivity index (χ1n) is 7.20. The lowest BCUT2D eigenvalue weighted by molar-refractivity contribution is -0.115. The van der Waals surface area contributed by atoms with Crippen molar-refractivity contribution in [2.24, 2.45) is 0 Å². The maximum atomic E-state index is 12.1. The highest BCUT2D eigenvalue weighted by molar-refractivity contribution is 7.92. The molecule has 0 radical (unpaired) electrons. The van der Waals surface area contributed by atoms with Crippen LogP contribution in [0.15, 0.2) is 42.5 Å². The average Bonchev–Trinajstić information content (AvgIpc) is 2.50. The molecule has 1 N–H and O–H groups in total. The molecule has 5 nitrogen and oxygen atoms in total.